The molecule has 0 aliphatic rings. The van der Waals surface area contributed by atoms with Gasteiger partial charge in [0.2, 0.25) is 0 Å². The summed E-state index contributed by atoms with van der Waals surface area (Å²) in [6.07, 6.45) is 1.90. The van der Waals surface area contributed by atoms with E-state index < -0.39 is 0 Å². The van der Waals surface area contributed by atoms with Crippen molar-refractivity contribution in [3.05, 3.63) is 33.4 Å². The fourth-order valence-corrected chi connectivity index (χ4v) is 2.56. The molecule has 0 heterocycles. The smallest absolute Gasteiger partial charge is 0.0917 e. The number of halogens is 1. The summed E-state index contributed by atoms with van der Waals surface area (Å²) >= 11 is 2.28. The first-order valence-electron chi connectivity index (χ1n) is 6.33. The molecule has 1 rings (SSSR count). The highest BCUT2D eigenvalue weighted by atomic mass is 127. The SMILES string of the molecule is CCCN(CCC)C[C@H](O)c1cccc(I)c1. The van der Waals surface area contributed by atoms with Crippen LogP contribution in [0.4, 0.5) is 0 Å². The molecule has 0 aliphatic carbocycles. The lowest BCUT2D eigenvalue weighted by atomic mass is 10.1. The van der Waals surface area contributed by atoms with Gasteiger partial charge in [0.15, 0.2) is 0 Å². The predicted octanol–water partition coefficient (Wildman–Crippen LogP) is 3.45. The zero-order chi connectivity index (χ0) is 12.7. The van der Waals surface area contributed by atoms with Crippen LogP contribution < -0.4 is 0 Å². The molecule has 0 radical (unpaired) electrons. The Labute approximate surface area is 118 Å². The number of nitrogens with zero attached hydrogens (tertiary/aromatic N) is 1. The highest BCUT2D eigenvalue weighted by Crippen LogP contribution is 2.17. The molecular weight excluding hydrogens is 325 g/mol. The largest absolute Gasteiger partial charge is 0.387 e. The summed E-state index contributed by atoms with van der Waals surface area (Å²) in [6.45, 7) is 7.23. The maximum Gasteiger partial charge on any atom is 0.0917 e. The van der Waals surface area contributed by atoms with Gasteiger partial charge in [-0.1, -0.05) is 26.0 Å². The summed E-state index contributed by atoms with van der Waals surface area (Å²) < 4.78 is 1.18. The fourth-order valence-electron chi connectivity index (χ4n) is 1.99. The van der Waals surface area contributed by atoms with Crippen LogP contribution in [0.3, 0.4) is 0 Å². The molecule has 0 aliphatic heterocycles. The molecule has 0 fully saturated rings. The number of aliphatic hydroxyl groups is 1. The van der Waals surface area contributed by atoms with Crippen molar-refractivity contribution in [2.24, 2.45) is 0 Å². The number of hydrogen-bond acceptors (Lipinski definition) is 2. The Morgan fingerprint density at radius 2 is 1.88 bits per heavy atom. The van der Waals surface area contributed by atoms with Crippen molar-refractivity contribution in [3.63, 3.8) is 0 Å². The van der Waals surface area contributed by atoms with Crippen molar-refractivity contribution in [1.29, 1.82) is 0 Å². The summed E-state index contributed by atoms with van der Waals surface area (Å²) in [5, 5.41) is 10.2. The van der Waals surface area contributed by atoms with E-state index in [1.54, 1.807) is 0 Å². The molecule has 2 nitrogen and oxygen atoms in total. The lowest BCUT2D eigenvalue weighted by molar-refractivity contribution is 0.113. The molecule has 1 aromatic rings. The highest BCUT2D eigenvalue weighted by molar-refractivity contribution is 14.1. The van der Waals surface area contributed by atoms with Crippen LogP contribution in [-0.2, 0) is 0 Å². The molecule has 0 saturated carbocycles. The number of rotatable bonds is 7. The quantitative estimate of drug-likeness (QED) is 0.764. The summed E-state index contributed by atoms with van der Waals surface area (Å²) in [5.41, 5.74) is 1.02. The number of aliphatic hydroxyl groups excluding tert-OH is 1. The van der Waals surface area contributed by atoms with Crippen molar-refractivity contribution in [1.82, 2.24) is 4.90 Å². The van der Waals surface area contributed by atoms with Crippen LogP contribution in [0, 0.1) is 3.57 Å². The van der Waals surface area contributed by atoms with E-state index in [0.29, 0.717) is 0 Å². The molecule has 1 aromatic carbocycles. The summed E-state index contributed by atoms with van der Waals surface area (Å²) in [5.74, 6) is 0. The lowest BCUT2D eigenvalue weighted by Gasteiger charge is -2.24. The van der Waals surface area contributed by atoms with Crippen molar-refractivity contribution >= 4 is 22.6 Å². The van der Waals surface area contributed by atoms with Crippen LogP contribution in [0.5, 0.6) is 0 Å². The molecule has 0 saturated heterocycles. The van der Waals surface area contributed by atoms with Gasteiger partial charge in [-0.15, -0.1) is 0 Å². The maximum atomic E-state index is 10.2. The van der Waals surface area contributed by atoms with E-state index in [1.807, 2.05) is 18.2 Å². The molecule has 1 atom stereocenters. The first-order chi connectivity index (χ1) is 8.17. The van der Waals surface area contributed by atoms with Gasteiger partial charge in [0.25, 0.3) is 0 Å². The molecule has 3 heteroatoms. The van der Waals surface area contributed by atoms with E-state index in [-0.39, 0.29) is 6.10 Å². The van der Waals surface area contributed by atoms with Crippen molar-refractivity contribution in [2.45, 2.75) is 32.8 Å². The van der Waals surface area contributed by atoms with Gasteiger partial charge in [0, 0.05) is 10.1 Å². The second kappa shape index (κ2) is 8.06. The van der Waals surface area contributed by atoms with E-state index in [9.17, 15) is 5.11 Å². The first-order valence-corrected chi connectivity index (χ1v) is 7.41. The van der Waals surface area contributed by atoms with E-state index in [0.717, 1.165) is 38.0 Å². The zero-order valence-corrected chi connectivity index (χ0v) is 12.9. The molecule has 0 amide bonds. The standard InChI is InChI=1S/C14H22INO/c1-3-8-16(9-4-2)11-14(17)12-6-5-7-13(15)10-12/h5-7,10,14,17H,3-4,8-9,11H2,1-2H3/t14-/m0/s1. The average molecular weight is 347 g/mol. The van der Waals surface area contributed by atoms with E-state index >= 15 is 0 Å². The third kappa shape index (κ3) is 5.36. The topological polar surface area (TPSA) is 23.5 Å². The molecule has 1 N–H and O–H groups in total. The van der Waals surface area contributed by atoms with Crippen LogP contribution in [0.25, 0.3) is 0 Å². The third-order valence-corrected chi connectivity index (χ3v) is 3.42. The Morgan fingerprint density at radius 3 is 2.41 bits per heavy atom. The molecule has 0 unspecified atom stereocenters. The predicted molar refractivity (Wildman–Crippen MR) is 81.1 cm³/mol. The minimum Gasteiger partial charge on any atom is -0.387 e. The van der Waals surface area contributed by atoms with Crippen molar-refractivity contribution < 1.29 is 5.11 Å². The third-order valence-electron chi connectivity index (χ3n) is 2.74. The second-order valence-corrected chi connectivity index (χ2v) is 5.62. The van der Waals surface area contributed by atoms with Crippen molar-refractivity contribution in [2.75, 3.05) is 19.6 Å². The van der Waals surface area contributed by atoms with Gasteiger partial charge in [-0.05, 0) is 66.2 Å². The van der Waals surface area contributed by atoms with Gasteiger partial charge in [-0.2, -0.15) is 0 Å². The monoisotopic (exact) mass is 347 g/mol. The van der Waals surface area contributed by atoms with Gasteiger partial charge in [0.1, 0.15) is 0 Å². The van der Waals surface area contributed by atoms with Gasteiger partial charge in [-0.25, -0.2) is 0 Å². The minimum absolute atomic E-state index is 0.372. The lowest BCUT2D eigenvalue weighted by Crippen LogP contribution is -2.30. The van der Waals surface area contributed by atoms with Crippen LogP contribution in [0.1, 0.15) is 38.4 Å². The Hall–Kier alpha value is -0.130. The van der Waals surface area contributed by atoms with Gasteiger partial charge in [0.05, 0.1) is 6.10 Å². The number of benzene rings is 1. The van der Waals surface area contributed by atoms with Crippen LogP contribution in [0.15, 0.2) is 24.3 Å². The average Bonchev–Trinajstić information content (AvgIpc) is 2.29. The van der Waals surface area contributed by atoms with Crippen molar-refractivity contribution in [3.8, 4) is 0 Å². The van der Waals surface area contributed by atoms with Gasteiger partial charge >= 0.3 is 0 Å². The van der Waals surface area contributed by atoms with E-state index in [4.69, 9.17) is 0 Å². The molecule has 0 spiro atoms. The van der Waals surface area contributed by atoms with E-state index in [2.05, 4.69) is 47.4 Å². The Bertz CT molecular complexity index is 324. The first kappa shape index (κ1) is 14.9. The maximum absolute atomic E-state index is 10.2. The Kier molecular flexibility index (Phi) is 7.08. The molecule has 96 valence electrons. The zero-order valence-electron chi connectivity index (χ0n) is 10.7. The van der Waals surface area contributed by atoms with Gasteiger partial charge < -0.3 is 10.0 Å². The Balaban J connectivity index is 2.59. The summed E-state index contributed by atoms with van der Waals surface area (Å²) in [4.78, 5) is 2.34. The Morgan fingerprint density at radius 1 is 1.24 bits per heavy atom. The van der Waals surface area contributed by atoms with Crippen LogP contribution >= 0.6 is 22.6 Å². The molecular formula is C14H22INO. The molecule has 17 heavy (non-hydrogen) atoms. The summed E-state index contributed by atoms with van der Waals surface area (Å²) in [7, 11) is 0. The van der Waals surface area contributed by atoms with Crippen LogP contribution in [-0.4, -0.2) is 29.6 Å². The normalized spacial score (nSPS) is 13.0. The molecule has 0 bridgehead atoms. The highest BCUT2D eigenvalue weighted by Gasteiger charge is 2.12. The van der Waals surface area contributed by atoms with Crippen LogP contribution in [0.2, 0.25) is 0 Å². The summed E-state index contributed by atoms with van der Waals surface area (Å²) in [6, 6.07) is 8.11. The fraction of sp³-hybridized carbons (Fsp3) is 0.571. The minimum atomic E-state index is -0.372. The molecule has 0 aromatic heterocycles. The second-order valence-electron chi connectivity index (χ2n) is 4.37. The van der Waals surface area contributed by atoms with E-state index in [1.165, 1.54) is 3.57 Å². The number of hydrogen-bond donors (Lipinski definition) is 1. The van der Waals surface area contributed by atoms with Gasteiger partial charge in [-0.3, -0.25) is 0 Å².